The van der Waals surface area contributed by atoms with Gasteiger partial charge in [0.15, 0.2) is 10.6 Å². The lowest BCUT2D eigenvalue weighted by molar-refractivity contribution is 0.352. The number of halogens is 1. The van der Waals surface area contributed by atoms with Gasteiger partial charge >= 0.3 is 0 Å². The van der Waals surface area contributed by atoms with Crippen LogP contribution in [0.15, 0.2) is 24.3 Å². The largest absolute Gasteiger partial charge is 0.297 e. The number of hydrogen-bond acceptors (Lipinski definition) is 2. The van der Waals surface area contributed by atoms with Crippen molar-refractivity contribution in [2.24, 2.45) is 0 Å². The smallest absolute Gasteiger partial charge is 0.195 e. The van der Waals surface area contributed by atoms with Gasteiger partial charge in [-0.15, -0.1) is 0 Å². The lowest BCUT2D eigenvalue weighted by Crippen LogP contribution is -2.14. The molecule has 3 nitrogen and oxygen atoms in total. The first kappa shape index (κ1) is 12.9. The predicted molar refractivity (Wildman–Crippen MR) is 80.0 cm³/mol. The highest BCUT2D eigenvalue weighted by molar-refractivity contribution is 7.71. The van der Waals surface area contributed by atoms with Crippen molar-refractivity contribution in [3.8, 4) is 11.4 Å². The third-order valence-corrected chi connectivity index (χ3v) is 4.29. The maximum atomic E-state index is 5.94. The summed E-state index contributed by atoms with van der Waals surface area (Å²) in [4.78, 5) is 0. The summed E-state index contributed by atoms with van der Waals surface area (Å²) in [5, 5.41) is 8.06. The Morgan fingerprint density at radius 3 is 2.53 bits per heavy atom. The van der Waals surface area contributed by atoms with Crippen LogP contribution in [-0.2, 0) is 0 Å². The first-order valence-electron chi connectivity index (χ1n) is 6.68. The molecule has 1 aliphatic carbocycles. The van der Waals surface area contributed by atoms with Crippen LogP contribution < -0.4 is 0 Å². The number of nitrogens with one attached hydrogen (secondary N) is 1. The normalized spacial score (nSPS) is 16.7. The molecule has 100 valence electrons. The molecule has 2 aromatic rings. The van der Waals surface area contributed by atoms with Gasteiger partial charge in [-0.25, -0.2) is 0 Å². The lowest BCUT2D eigenvalue weighted by atomic mass is 9.95. The van der Waals surface area contributed by atoms with Gasteiger partial charge in [-0.05, 0) is 49.3 Å². The molecule has 1 aliphatic rings. The Labute approximate surface area is 122 Å². The molecule has 0 spiro atoms. The molecule has 0 saturated heterocycles. The SMILES string of the molecule is S=c1[nH]nc(-c2ccc(Cl)cc2)n1C1CCCCC1. The number of rotatable bonds is 2. The molecule has 19 heavy (non-hydrogen) atoms. The van der Waals surface area contributed by atoms with Crippen molar-refractivity contribution in [1.29, 1.82) is 0 Å². The fourth-order valence-corrected chi connectivity index (χ4v) is 3.19. The molecular weight excluding hydrogens is 278 g/mol. The van der Waals surface area contributed by atoms with E-state index in [0.717, 1.165) is 21.2 Å². The number of H-pyrrole nitrogens is 1. The number of benzene rings is 1. The first-order valence-corrected chi connectivity index (χ1v) is 7.47. The quantitative estimate of drug-likeness (QED) is 0.810. The summed E-state index contributed by atoms with van der Waals surface area (Å²) in [5.74, 6) is 0.925. The van der Waals surface area contributed by atoms with Crippen molar-refractivity contribution in [1.82, 2.24) is 14.8 Å². The zero-order valence-electron chi connectivity index (χ0n) is 10.6. The number of aromatic amines is 1. The maximum absolute atomic E-state index is 5.94. The molecular formula is C14H16ClN3S. The molecule has 1 aromatic carbocycles. The zero-order valence-corrected chi connectivity index (χ0v) is 12.2. The molecule has 0 unspecified atom stereocenters. The van der Waals surface area contributed by atoms with Gasteiger partial charge in [0, 0.05) is 16.6 Å². The third-order valence-electron chi connectivity index (χ3n) is 3.75. The number of hydrogen-bond donors (Lipinski definition) is 1. The molecule has 0 bridgehead atoms. The highest BCUT2D eigenvalue weighted by Gasteiger charge is 2.20. The second-order valence-corrected chi connectivity index (χ2v) is 5.84. The van der Waals surface area contributed by atoms with E-state index in [0.29, 0.717) is 6.04 Å². The van der Waals surface area contributed by atoms with Crippen LogP contribution in [0.25, 0.3) is 11.4 Å². The standard InChI is InChI=1S/C14H16ClN3S/c15-11-8-6-10(7-9-11)13-16-17-14(19)18(13)12-4-2-1-3-5-12/h6-9,12H,1-5H2,(H,17,19). The molecule has 5 heteroatoms. The Kier molecular flexibility index (Phi) is 3.71. The monoisotopic (exact) mass is 293 g/mol. The van der Waals surface area contributed by atoms with E-state index in [9.17, 15) is 0 Å². The van der Waals surface area contributed by atoms with E-state index in [1.54, 1.807) is 0 Å². The van der Waals surface area contributed by atoms with Gasteiger partial charge in [-0.2, -0.15) is 5.10 Å². The Hall–Kier alpha value is -1.13. The van der Waals surface area contributed by atoms with E-state index in [1.807, 2.05) is 24.3 Å². The highest BCUT2D eigenvalue weighted by Crippen LogP contribution is 2.32. The average molecular weight is 294 g/mol. The number of nitrogens with zero attached hydrogens (tertiary/aromatic N) is 2. The fourth-order valence-electron chi connectivity index (χ4n) is 2.79. The van der Waals surface area contributed by atoms with Crippen LogP contribution in [0.2, 0.25) is 5.02 Å². The van der Waals surface area contributed by atoms with Crippen LogP contribution in [0.4, 0.5) is 0 Å². The molecule has 0 amide bonds. The Morgan fingerprint density at radius 2 is 1.84 bits per heavy atom. The maximum Gasteiger partial charge on any atom is 0.195 e. The van der Waals surface area contributed by atoms with Gasteiger partial charge in [0.1, 0.15) is 0 Å². The van der Waals surface area contributed by atoms with Crippen molar-refractivity contribution in [2.45, 2.75) is 38.1 Å². The summed E-state index contributed by atoms with van der Waals surface area (Å²) in [6, 6.07) is 8.24. The summed E-state index contributed by atoms with van der Waals surface area (Å²) < 4.78 is 2.90. The van der Waals surface area contributed by atoms with E-state index in [-0.39, 0.29) is 0 Å². The van der Waals surface area contributed by atoms with Gasteiger partial charge in [0.05, 0.1) is 0 Å². The Bertz CT molecular complexity index is 608. The van der Waals surface area contributed by atoms with Gasteiger partial charge in [0.25, 0.3) is 0 Å². The van der Waals surface area contributed by atoms with Crippen LogP contribution in [-0.4, -0.2) is 14.8 Å². The summed E-state index contributed by atoms with van der Waals surface area (Å²) >= 11 is 11.3. The minimum atomic E-state index is 0.477. The van der Waals surface area contributed by atoms with Crippen molar-refractivity contribution in [3.63, 3.8) is 0 Å². The summed E-state index contributed by atoms with van der Waals surface area (Å²) in [6.07, 6.45) is 6.26. The van der Waals surface area contributed by atoms with E-state index in [2.05, 4.69) is 14.8 Å². The Balaban J connectivity index is 2.02. The predicted octanol–water partition coefficient (Wildman–Crippen LogP) is 4.77. The highest BCUT2D eigenvalue weighted by atomic mass is 35.5. The third kappa shape index (κ3) is 2.60. The topological polar surface area (TPSA) is 33.6 Å². The fraction of sp³-hybridized carbons (Fsp3) is 0.429. The molecule has 3 rings (SSSR count). The molecule has 1 N–H and O–H groups in total. The van der Waals surface area contributed by atoms with E-state index in [4.69, 9.17) is 23.8 Å². The Morgan fingerprint density at radius 1 is 1.16 bits per heavy atom. The molecule has 0 aliphatic heterocycles. The van der Waals surface area contributed by atoms with E-state index in [1.165, 1.54) is 32.1 Å². The van der Waals surface area contributed by atoms with Gasteiger partial charge in [-0.1, -0.05) is 30.9 Å². The molecule has 1 fully saturated rings. The van der Waals surface area contributed by atoms with Crippen LogP contribution in [0.1, 0.15) is 38.1 Å². The van der Waals surface area contributed by atoms with Gasteiger partial charge in [-0.3, -0.25) is 9.67 Å². The molecule has 1 aromatic heterocycles. The van der Waals surface area contributed by atoms with Crippen molar-refractivity contribution < 1.29 is 0 Å². The van der Waals surface area contributed by atoms with Crippen LogP contribution in [0.3, 0.4) is 0 Å². The zero-order chi connectivity index (χ0) is 13.2. The van der Waals surface area contributed by atoms with Crippen molar-refractivity contribution >= 4 is 23.8 Å². The summed E-state index contributed by atoms with van der Waals surface area (Å²) in [7, 11) is 0. The van der Waals surface area contributed by atoms with Gasteiger partial charge < -0.3 is 0 Å². The van der Waals surface area contributed by atoms with E-state index < -0.39 is 0 Å². The minimum absolute atomic E-state index is 0.477. The van der Waals surface area contributed by atoms with Crippen LogP contribution >= 0.6 is 23.8 Å². The van der Waals surface area contributed by atoms with Gasteiger partial charge in [0.2, 0.25) is 0 Å². The number of aromatic nitrogens is 3. The van der Waals surface area contributed by atoms with E-state index >= 15 is 0 Å². The average Bonchev–Trinajstić information content (AvgIpc) is 2.82. The molecule has 1 heterocycles. The van der Waals surface area contributed by atoms with Crippen LogP contribution in [0.5, 0.6) is 0 Å². The summed E-state index contributed by atoms with van der Waals surface area (Å²) in [6.45, 7) is 0. The molecule has 0 radical (unpaired) electrons. The lowest BCUT2D eigenvalue weighted by Gasteiger charge is -2.24. The van der Waals surface area contributed by atoms with Crippen molar-refractivity contribution in [2.75, 3.05) is 0 Å². The second kappa shape index (κ2) is 5.47. The molecule has 0 atom stereocenters. The summed E-state index contributed by atoms with van der Waals surface area (Å²) in [5.41, 5.74) is 1.06. The minimum Gasteiger partial charge on any atom is -0.297 e. The van der Waals surface area contributed by atoms with Crippen LogP contribution in [0, 0.1) is 4.77 Å². The van der Waals surface area contributed by atoms with Crippen molar-refractivity contribution in [3.05, 3.63) is 34.1 Å². The second-order valence-electron chi connectivity index (χ2n) is 5.02. The molecule has 1 saturated carbocycles. The first-order chi connectivity index (χ1) is 9.25.